The summed E-state index contributed by atoms with van der Waals surface area (Å²) in [6.07, 6.45) is 0. The lowest BCUT2D eigenvalue weighted by Gasteiger charge is -2.02. The summed E-state index contributed by atoms with van der Waals surface area (Å²) in [7, 11) is 0. The monoisotopic (exact) mass is 386 g/mol. The average molecular weight is 387 g/mol. The van der Waals surface area contributed by atoms with Gasteiger partial charge >= 0.3 is 0 Å². The summed E-state index contributed by atoms with van der Waals surface area (Å²) in [5.41, 5.74) is 0.408. The van der Waals surface area contributed by atoms with Gasteiger partial charge in [0, 0.05) is 17.6 Å². The molecule has 0 saturated carbocycles. The molecule has 24 heavy (non-hydrogen) atoms. The number of aromatic nitrogens is 1. The molecule has 0 atom stereocenters. The third-order valence-electron chi connectivity index (χ3n) is 3.37. The number of carbonyl (C=O) groups is 1. The number of rotatable bonds is 2. The highest BCUT2D eigenvalue weighted by atomic mass is 35.5. The molecule has 1 aromatic heterocycles. The van der Waals surface area contributed by atoms with Gasteiger partial charge in [0.25, 0.3) is 5.91 Å². The molecule has 3 aromatic rings. The van der Waals surface area contributed by atoms with Crippen LogP contribution in [-0.4, -0.2) is 10.5 Å². The zero-order valence-electron chi connectivity index (χ0n) is 12.3. The molecule has 0 radical (unpaired) electrons. The molecule has 1 amide bonds. The number of aryl methyl sites for hydroxylation is 1. The largest absolute Gasteiger partial charge is 0.314 e. The summed E-state index contributed by atoms with van der Waals surface area (Å²) in [5, 5.41) is 0.581. The predicted molar refractivity (Wildman–Crippen MR) is 91.8 cm³/mol. The summed E-state index contributed by atoms with van der Waals surface area (Å²) in [6, 6.07) is 6.47. The third-order valence-corrected chi connectivity index (χ3v) is 4.94. The Hall–Kier alpha value is -1.76. The molecule has 0 spiro atoms. The minimum Gasteiger partial charge on any atom is -0.314 e. The van der Waals surface area contributed by atoms with Gasteiger partial charge in [-0.05, 0) is 31.2 Å². The van der Waals surface area contributed by atoms with Crippen LogP contribution in [0.2, 0.25) is 10.0 Å². The highest BCUT2D eigenvalue weighted by Gasteiger charge is 2.14. The van der Waals surface area contributed by atoms with Gasteiger partial charge in [-0.25, -0.2) is 8.78 Å². The first-order chi connectivity index (χ1) is 11.4. The van der Waals surface area contributed by atoms with Gasteiger partial charge in [0.1, 0.15) is 5.82 Å². The fraction of sp³-hybridized carbons (Fsp3) is 0.125. The van der Waals surface area contributed by atoms with E-state index in [4.69, 9.17) is 23.2 Å². The molecule has 0 fully saturated rings. The number of nitrogens with zero attached hydrogens (tertiary/aromatic N) is 2. The molecule has 0 saturated heterocycles. The molecular weight excluding hydrogens is 377 g/mol. The number of benzene rings is 2. The van der Waals surface area contributed by atoms with Gasteiger partial charge in [-0.15, -0.1) is 0 Å². The van der Waals surface area contributed by atoms with Gasteiger partial charge in [0.15, 0.2) is 10.6 Å². The average Bonchev–Trinajstić information content (AvgIpc) is 2.84. The zero-order chi connectivity index (χ0) is 17.4. The van der Waals surface area contributed by atoms with Crippen LogP contribution in [0.1, 0.15) is 17.3 Å². The lowest BCUT2D eigenvalue weighted by atomic mass is 10.2. The Balaban J connectivity index is 2.19. The van der Waals surface area contributed by atoms with Crippen molar-refractivity contribution in [1.82, 2.24) is 4.57 Å². The van der Waals surface area contributed by atoms with Gasteiger partial charge in [-0.3, -0.25) is 4.79 Å². The fourth-order valence-electron chi connectivity index (χ4n) is 2.32. The Morgan fingerprint density at radius 1 is 1.25 bits per heavy atom. The van der Waals surface area contributed by atoms with E-state index < -0.39 is 17.5 Å². The van der Waals surface area contributed by atoms with Crippen LogP contribution in [0.3, 0.4) is 0 Å². The second-order valence-corrected chi connectivity index (χ2v) is 6.76. The number of hydrogen-bond acceptors (Lipinski definition) is 2. The van der Waals surface area contributed by atoms with Gasteiger partial charge in [0.2, 0.25) is 0 Å². The second kappa shape index (κ2) is 6.63. The van der Waals surface area contributed by atoms with Crippen molar-refractivity contribution in [2.24, 2.45) is 4.99 Å². The fourth-order valence-corrected chi connectivity index (χ4v) is 3.94. The van der Waals surface area contributed by atoms with Gasteiger partial charge < -0.3 is 4.57 Å². The van der Waals surface area contributed by atoms with E-state index in [1.54, 1.807) is 6.92 Å². The Labute approximate surface area is 149 Å². The standard InChI is InChI=1S/C16H10Cl2F2N2OS/c1-2-22-14-12(20)6-9(19)7-13(14)24-16(22)21-15(23)10-4-3-8(17)5-11(10)18/h3-7H,2H2,1H3. The Morgan fingerprint density at radius 2 is 2.00 bits per heavy atom. The summed E-state index contributed by atoms with van der Waals surface area (Å²) in [6.45, 7) is 2.16. The molecule has 0 unspecified atom stereocenters. The molecule has 0 aliphatic heterocycles. The molecule has 0 N–H and O–H groups in total. The van der Waals surface area contributed by atoms with E-state index in [2.05, 4.69) is 4.99 Å². The number of carbonyl (C=O) groups excluding carboxylic acids is 1. The van der Waals surface area contributed by atoms with Gasteiger partial charge in [-0.1, -0.05) is 34.5 Å². The van der Waals surface area contributed by atoms with Gasteiger partial charge in [-0.2, -0.15) is 4.99 Å². The smallest absolute Gasteiger partial charge is 0.281 e. The van der Waals surface area contributed by atoms with E-state index in [9.17, 15) is 13.6 Å². The Morgan fingerprint density at radius 3 is 2.67 bits per heavy atom. The molecule has 0 aliphatic rings. The van der Waals surface area contributed by atoms with Crippen LogP contribution in [0.25, 0.3) is 10.2 Å². The molecule has 2 aromatic carbocycles. The number of fused-ring (bicyclic) bond motifs is 1. The molecule has 8 heteroatoms. The van der Waals surface area contributed by atoms with Crippen molar-refractivity contribution < 1.29 is 13.6 Å². The number of hydrogen-bond donors (Lipinski definition) is 0. The van der Waals surface area contributed by atoms with E-state index in [-0.39, 0.29) is 20.9 Å². The van der Waals surface area contributed by atoms with Crippen molar-refractivity contribution in [2.75, 3.05) is 0 Å². The van der Waals surface area contributed by atoms with E-state index >= 15 is 0 Å². The number of halogens is 4. The predicted octanol–water partition coefficient (Wildman–Crippen LogP) is 5.05. The minimum absolute atomic E-state index is 0.178. The molecule has 0 bridgehead atoms. The highest BCUT2D eigenvalue weighted by molar-refractivity contribution is 7.16. The summed E-state index contributed by atoms with van der Waals surface area (Å²) < 4.78 is 29.4. The van der Waals surface area contributed by atoms with Gasteiger partial charge in [0.05, 0.1) is 20.8 Å². The third kappa shape index (κ3) is 3.09. The van der Waals surface area contributed by atoms with Crippen molar-refractivity contribution in [3.05, 3.63) is 62.4 Å². The topological polar surface area (TPSA) is 34.4 Å². The Bertz CT molecular complexity index is 1030. The first kappa shape index (κ1) is 17.1. The minimum atomic E-state index is -0.693. The SMILES string of the molecule is CCn1c(=NC(=O)c2ccc(Cl)cc2Cl)sc2cc(F)cc(F)c21. The van der Waals surface area contributed by atoms with Crippen LogP contribution in [0.15, 0.2) is 35.3 Å². The van der Waals surface area contributed by atoms with Crippen LogP contribution in [0, 0.1) is 11.6 Å². The maximum Gasteiger partial charge on any atom is 0.281 e. The first-order valence-electron chi connectivity index (χ1n) is 6.93. The van der Waals surface area contributed by atoms with Crippen molar-refractivity contribution >= 4 is 50.7 Å². The lowest BCUT2D eigenvalue weighted by Crippen LogP contribution is -2.16. The normalized spacial score (nSPS) is 12.1. The van der Waals surface area contributed by atoms with Crippen molar-refractivity contribution in [3.8, 4) is 0 Å². The molecule has 0 aliphatic carbocycles. The number of thiazole rings is 1. The van der Waals surface area contributed by atoms with Crippen LogP contribution in [0.5, 0.6) is 0 Å². The van der Waals surface area contributed by atoms with Crippen molar-refractivity contribution in [3.63, 3.8) is 0 Å². The van der Waals surface area contributed by atoms with Crippen LogP contribution < -0.4 is 4.80 Å². The Kier molecular flexibility index (Phi) is 4.71. The quantitative estimate of drug-likeness (QED) is 0.606. The summed E-state index contributed by atoms with van der Waals surface area (Å²) in [5.74, 6) is -1.95. The molecule has 1 heterocycles. The summed E-state index contributed by atoms with van der Waals surface area (Å²) in [4.78, 5) is 16.7. The second-order valence-electron chi connectivity index (χ2n) is 4.90. The van der Waals surface area contributed by atoms with E-state index in [1.807, 2.05) is 0 Å². The maximum atomic E-state index is 14.1. The number of amides is 1. The summed E-state index contributed by atoms with van der Waals surface area (Å²) >= 11 is 12.9. The molecule has 3 rings (SSSR count). The van der Waals surface area contributed by atoms with E-state index in [0.717, 1.165) is 17.4 Å². The first-order valence-corrected chi connectivity index (χ1v) is 8.50. The lowest BCUT2D eigenvalue weighted by molar-refractivity contribution is 0.0998. The van der Waals surface area contributed by atoms with E-state index in [0.29, 0.717) is 16.3 Å². The zero-order valence-corrected chi connectivity index (χ0v) is 14.6. The van der Waals surface area contributed by atoms with Crippen LogP contribution in [-0.2, 0) is 6.54 Å². The molecule has 3 nitrogen and oxygen atoms in total. The molecule has 124 valence electrons. The van der Waals surface area contributed by atoms with Crippen LogP contribution in [0.4, 0.5) is 8.78 Å². The maximum absolute atomic E-state index is 14.1. The highest BCUT2D eigenvalue weighted by Crippen LogP contribution is 2.24. The van der Waals surface area contributed by atoms with Crippen molar-refractivity contribution in [2.45, 2.75) is 13.5 Å². The van der Waals surface area contributed by atoms with E-state index in [1.165, 1.54) is 28.8 Å². The van der Waals surface area contributed by atoms with Crippen LogP contribution >= 0.6 is 34.5 Å². The molecular formula is C16H10Cl2F2N2OS. The van der Waals surface area contributed by atoms with Crippen molar-refractivity contribution in [1.29, 1.82) is 0 Å².